The van der Waals surface area contributed by atoms with Gasteiger partial charge in [0.2, 0.25) is 0 Å². The summed E-state index contributed by atoms with van der Waals surface area (Å²) in [6.45, 7) is 7.95. The molecule has 0 spiro atoms. The van der Waals surface area contributed by atoms with Crippen molar-refractivity contribution >= 4 is 0 Å². The van der Waals surface area contributed by atoms with Crippen LogP contribution in [-0.4, -0.2) is 22.4 Å². The molecule has 0 aliphatic carbocycles. The van der Waals surface area contributed by atoms with Crippen LogP contribution in [0.3, 0.4) is 0 Å². The van der Waals surface area contributed by atoms with E-state index >= 15 is 0 Å². The molecule has 1 aromatic rings. The maximum atomic E-state index is 4.22. The Morgan fingerprint density at radius 3 is 2.71 bits per heavy atom. The van der Waals surface area contributed by atoms with E-state index in [-0.39, 0.29) is 0 Å². The van der Waals surface area contributed by atoms with Crippen LogP contribution >= 0.6 is 0 Å². The topological polar surface area (TPSA) is 29.9 Å². The largest absolute Gasteiger partial charge is 0.314 e. The van der Waals surface area contributed by atoms with E-state index in [1.165, 1.54) is 25.0 Å². The first-order valence-electron chi connectivity index (χ1n) is 6.89. The summed E-state index contributed by atoms with van der Waals surface area (Å²) in [5, 5.41) is 7.82. The minimum atomic E-state index is 0.619. The highest BCUT2D eigenvalue weighted by molar-refractivity contribution is 5.00. The first-order chi connectivity index (χ1) is 8.19. The lowest BCUT2D eigenvalue weighted by Crippen LogP contribution is -2.34. The van der Waals surface area contributed by atoms with Crippen molar-refractivity contribution in [3.05, 3.63) is 18.0 Å². The van der Waals surface area contributed by atoms with Crippen LogP contribution < -0.4 is 5.32 Å². The smallest absolute Gasteiger partial charge is 0.0492 e. The molecule has 0 saturated heterocycles. The second kappa shape index (κ2) is 7.49. The minimum Gasteiger partial charge on any atom is -0.314 e. The first kappa shape index (κ1) is 14.2. The molecule has 0 amide bonds. The predicted octanol–water partition coefficient (Wildman–Crippen LogP) is 2.77. The quantitative estimate of drug-likeness (QED) is 0.753. The predicted molar refractivity (Wildman–Crippen MR) is 73.1 cm³/mol. The molecule has 2 unspecified atom stereocenters. The van der Waals surface area contributed by atoms with Crippen molar-refractivity contribution in [3.8, 4) is 0 Å². The van der Waals surface area contributed by atoms with Gasteiger partial charge >= 0.3 is 0 Å². The van der Waals surface area contributed by atoms with E-state index in [0.717, 1.165) is 18.9 Å². The Hall–Kier alpha value is -0.830. The zero-order chi connectivity index (χ0) is 12.7. The molecule has 1 aromatic heterocycles. The van der Waals surface area contributed by atoms with E-state index in [1.54, 1.807) is 0 Å². The summed E-state index contributed by atoms with van der Waals surface area (Å²) in [7, 11) is 2.02. The van der Waals surface area contributed by atoms with Crippen LogP contribution in [0, 0.1) is 5.92 Å². The van der Waals surface area contributed by atoms with Gasteiger partial charge in [0.25, 0.3) is 0 Å². The molecule has 98 valence electrons. The van der Waals surface area contributed by atoms with Crippen molar-refractivity contribution in [1.82, 2.24) is 15.1 Å². The number of nitrogens with zero attached hydrogens (tertiary/aromatic N) is 2. The molecule has 1 N–H and O–H groups in total. The molecule has 0 radical (unpaired) electrons. The van der Waals surface area contributed by atoms with Gasteiger partial charge < -0.3 is 5.32 Å². The average molecular weight is 237 g/mol. The third-order valence-corrected chi connectivity index (χ3v) is 3.64. The van der Waals surface area contributed by atoms with E-state index in [9.17, 15) is 0 Å². The van der Waals surface area contributed by atoms with Crippen molar-refractivity contribution in [3.63, 3.8) is 0 Å². The molecule has 1 rings (SSSR count). The summed E-state index contributed by atoms with van der Waals surface area (Å²) in [4.78, 5) is 0. The Bertz CT molecular complexity index is 306. The zero-order valence-electron chi connectivity index (χ0n) is 11.7. The monoisotopic (exact) mass is 237 g/mol. The van der Waals surface area contributed by atoms with Crippen LogP contribution in [0.25, 0.3) is 0 Å². The average Bonchev–Trinajstić information content (AvgIpc) is 2.73. The van der Waals surface area contributed by atoms with Gasteiger partial charge in [0, 0.05) is 25.0 Å². The van der Waals surface area contributed by atoms with E-state index in [4.69, 9.17) is 0 Å². The summed E-state index contributed by atoms with van der Waals surface area (Å²) in [6.07, 6.45) is 6.72. The molecule has 2 atom stereocenters. The Morgan fingerprint density at radius 2 is 2.18 bits per heavy atom. The lowest BCUT2D eigenvalue weighted by molar-refractivity contribution is 0.342. The third-order valence-electron chi connectivity index (χ3n) is 3.64. The molecular formula is C14H27N3. The van der Waals surface area contributed by atoms with Crippen molar-refractivity contribution in [1.29, 1.82) is 0 Å². The lowest BCUT2D eigenvalue weighted by Gasteiger charge is -2.23. The van der Waals surface area contributed by atoms with Gasteiger partial charge in [-0.05, 0) is 44.7 Å². The van der Waals surface area contributed by atoms with Crippen LogP contribution in [0.1, 0.15) is 45.7 Å². The summed E-state index contributed by atoms with van der Waals surface area (Å²) in [5.74, 6) is 0.761. The third kappa shape index (κ3) is 4.50. The highest BCUT2D eigenvalue weighted by atomic mass is 15.2. The van der Waals surface area contributed by atoms with Crippen LogP contribution in [0.5, 0.6) is 0 Å². The number of nitrogens with one attached hydrogen (secondary N) is 1. The van der Waals surface area contributed by atoms with Crippen LogP contribution in [-0.2, 0) is 13.5 Å². The summed E-state index contributed by atoms with van der Waals surface area (Å²) in [5.41, 5.74) is 1.34. The fourth-order valence-electron chi connectivity index (χ4n) is 2.33. The number of aromatic nitrogens is 2. The number of rotatable bonds is 8. The molecule has 0 fully saturated rings. The van der Waals surface area contributed by atoms with E-state index in [1.807, 2.05) is 17.9 Å². The normalized spacial score (nSPS) is 14.8. The summed E-state index contributed by atoms with van der Waals surface area (Å²) >= 11 is 0. The second-order valence-electron chi connectivity index (χ2n) is 4.90. The van der Waals surface area contributed by atoms with Crippen molar-refractivity contribution in [2.75, 3.05) is 6.54 Å². The molecule has 3 heteroatoms. The lowest BCUT2D eigenvalue weighted by atomic mass is 9.92. The van der Waals surface area contributed by atoms with Gasteiger partial charge in [0.05, 0.1) is 0 Å². The van der Waals surface area contributed by atoms with Crippen molar-refractivity contribution in [2.45, 2.75) is 52.5 Å². The Labute approximate surface area is 106 Å². The molecule has 0 aliphatic heterocycles. The molecule has 0 aromatic carbocycles. The second-order valence-corrected chi connectivity index (χ2v) is 4.90. The minimum absolute atomic E-state index is 0.619. The van der Waals surface area contributed by atoms with Gasteiger partial charge in [-0.15, -0.1) is 0 Å². The molecule has 0 saturated carbocycles. The molecule has 3 nitrogen and oxygen atoms in total. The highest BCUT2D eigenvalue weighted by Crippen LogP contribution is 2.16. The fourth-order valence-corrected chi connectivity index (χ4v) is 2.33. The van der Waals surface area contributed by atoms with E-state index < -0.39 is 0 Å². The molecule has 0 bridgehead atoms. The van der Waals surface area contributed by atoms with Crippen LogP contribution in [0.15, 0.2) is 12.3 Å². The summed E-state index contributed by atoms with van der Waals surface area (Å²) in [6, 6.07) is 2.74. The molecule has 0 aliphatic rings. The van der Waals surface area contributed by atoms with Crippen molar-refractivity contribution < 1.29 is 0 Å². The first-order valence-corrected chi connectivity index (χ1v) is 6.89. The van der Waals surface area contributed by atoms with E-state index in [0.29, 0.717) is 6.04 Å². The van der Waals surface area contributed by atoms with Gasteiger partial charge in [-0.3, -0.25) is 4.68 Å². The summed E-state index contributed by atoms with van der Waals surface area (Å²) < 4.78 is 1.98. The molecule has 1 heterocycles. The van der Waals surface area contributed by atoms with Crippen LogP contribution in [0.2, 0.25) is 0 Å². The molecular weight excluding hydrogens is 210 g/mol. The number of hydrogen-bond acceptors (Lipinski definition) is 2. The van der Waals surface area contributed by atoms with Crippen LogP contribution in [0.4, 0.5) is 0 Å². The Morgan fingerprint density at radius 1 is 1.41 bits per heavy atom. The van der Waals surface area contributed by atoms with Gasteiger partial charge in [-0.1, -0.05) is 20.3 Å². The van der Waals surface area contributed by atoms with Gasteiger partial charge in [0.1, 0.15) is 0 Å². The van der Waals surface area contributed by atoms with Gasteiger partial charge in [-0.25, -0.2) is 0 Å². The van der Waals surface area contributed by atoms with Gasteiger partial charge in [-0.2, -0.15) is 5.10 Å². The highest BCUT2D eigenvalue weighted by Gasteiger charge is 2.15. The fraction of sp³-hybridized carbons (Fsp3) is 0.786. The van der Waals surface area contributed by atoms with E-state index in [2.05, 4.69) is 37.3 Å². The van der Waals surface area contributed by atoms with Crippen molar-refractivity contribution in [2.24, 2.45) is 13.0 Å². The maximum absolute atomic E-state index is 4.22. The maximum Gasteiger partial charge on any atom is 0.0492 e. The van der Waals surface area contributed by atoms with Gasteiger partial charge in [0.15, 0.2) is 0 Å². The standard InChI is InChI=1S/C14H27N3/c1-5-10-15-12(3)13(6-2)7-8-14-9-11-16-17(14)4/h9,11-13,15H,5-8,10H2,1-4H3. The number of hydrogen-bond donors (Lipinski definition) is 1. The Balaban J connectivity index is 2.39. The Kier molecular flexibility index (Phi) is 6.27. The SMILES string of the molecule is CCCNC(C)C(CC)CCc1ccnn1C. The zero-order valence-corrected chi connectivity index (χ0v) is 11.7. The number of aryl methyl sites for hydroxylation is 2. The molecule has 17 heavy (non-hydrogen) atoms.